The summed E-state index contributed by atoms with van der Waals surface area (Å²) in [6.45, 7) is 3.93. The number of thioether (sulfide) groups is 1. The minimum atomic E-state index is -0.476. The van der Waals surface area contributed by atoms with Crippen molar-refractivity contribution >= 4 is 28.7 Å². The molecule has 1 unspecified atom stereocenters. The first-order valence-electron chi connectivity index (χ1n) is 5.61. The third-order valence-corrected chi connectivity index (χ3v) is 3.84. The van der Waals surface area contributed by atoms with E-state index in [2.05, 4.69) is 5.10 Å². The molecule has 1 fully saturated rings. The van der Waals surface area contributed by atoms with Crippen LogP contribution < -0.4 is 11.6 Å². The molecule has 0 radical (unpaired) electrons. The third kappa shape index (κ3) is 2.91. The van der Waals surface area contributed by atoms with E-state index in [-0.39, 0.29) is 29.4 Å². The van der Waals surface area contributed by atoms with E-state index in [4.69, 9.17) is 11.6 Å². The Kier molecular flexibility index (Phi) is 4.80. The molecule has 0 aromatic carbocycles. The normalized spacial score (nSPS) is 21.7. The molecule has 1 saturated heterocycles. The van der Waals surface area contributed by atoms with E-state index < -0.39 is 5.25 Å². The van der Waals surface area contributed by atoms with Gasteiger partial charge in [0.15, 0.2) is 5.17 Å². The number of amidine groups is 1. The fraction of sp³-hybridized carbons (Fsp3) is 0.700. The minimum Gasteiger partial charge on any atom is -0.377 e. The van der Waals surface area contributed by atoms with Gasteiger partial charge in [0.25, 0.3) is 0 Å². The van der Waals surface area contributed by atoms with Crippen molar-refractivity contribution in [2.24, 2.45) is 16.7 Å². The van der Waals surface area contributed by atoms with Gasteiger partial charge in [-0.15, -0.1) is 0 Å². The molecule has 1 aliphatic heterocycles. The van der Waals surface area contributed by atoms with Gasteiger partial charge in [0.2, 0.25) is 11.8 Å². The number of imide groups is 1. The highest BCUT2D eigenvalue weighted by Crippen LogP contribution is 2.28. The Bertz CT molecular complexity index is 341. The molecule has 0 aromatic rings. The predicted octanol–water partition coefficient (Wildman–Crippen LogP) is 0.224. The van der Waals surface area contributed by atoms with E-state index in [1.165, 1.54) is 4.90 Å². The molecular weight excluding hydrogens is 240 g/mol. The SMILES string of the molecule is CCC(CC)N1C(=O)CC(SC(N)=NN)C1=O. The molecule has 6 nitrogen and oxygen atoms in total. The van der Waals surface area contributed by atoms with Crippen LogP contribution in [0.25, 0.3) is 0 Å². The molecule has 2 amide bonds. The number of carbonyl (C=O) groups excluding carboxylic acids is 2. The van der Waals surface area contributed by atoms with Gasteiger partial charge in [-0.2, -0.15) is 5.10 Å². The number of nitrogens with two attached hydrogens (primary N) is 2. The number of carbonyl (C=O) groups is 2. The molecular formula is C10H18N4O2S. The maximum Gasteiger partial charge on any atom is 0.243 e. The Hall–Kier alpha value is -1.24. The van der Waals surface area contributed by atoms with E-state index >= 15 is 0 Å². The highest BCUT2D eigenvalue weighted by atomic mass is 32.2. The number of hydrazone groups is 1. The lowest BCUT2D eigenvalue weighted by Gasteiger charge is -2.24. The Morgan fingerprint density at radius 2 is 2.12 bits per heavy atom. The van der Waals surface area contributed by atoms with Crippen LogP contribution in [0, 0.1) is 0 Å². The molecule has 1 heterocycles. The van der Waals surface area contributed by atoms with Gasteiger partial charge in [-0.05, 0) is 12.8 Å². The molecule has 96 valence electrons. The highest BCUT2D eigenvalue weighted by Gasteiger charge is 2.42. The first-order valence-corrected chi connectivity index (χ1v) is 6.48. The summed E-state index contributed by atoms with van der Waals surface area (Å²) in [6, 6.07) is -0.0170. The van der Waals surface area contributed by atoms with Gasteiger partial charge in [0.05, 0.1) is 0 Å². The van der Waals surface area contributed by atoms with Crippen LogP contribution >= 0.6 is 11.8 Å². The number of rotatable bonds is 4. The first kappa shape index (κ1) is 13.8. The number of amides is 2. The van der Waals surface area contributed by atoms with Gasteiger partial charge >= 0.3 is 0 Å². The van der Waals surface area contributed by atoms with E-state index in [9.17, 15) is 9.59 Å². The van der Waals surface area contributed by atoms with Crippen LogP contribution in [0.3, 0.4) is 0 Å². The number of nitrogens with zero attached hydrogens (tertiary/aromatic N) is 2. The van der Waals surface area contributed by atoms with Gasteiger partial charge < -0.3 is 11.6 Å². The van der Waals surface area contributed by atoms with Crippen LogP contribution in [0.15, 0.2) is 5.10 Å². The van der Waals surface area contributed by atoms with E-state index in [1.807, 2.05) is 13.8 Å². The summed E-state index contributed by atoms with van der Waals surface area (Å²) in [5.41, 5.74) is 5.45. The van der Waals surface area contributed by atoms with Crippen molar-refractivity contribution in [3.8, 4) is 0 Å². The van der Waals surface area contributed by atoms with Crippen LogP contribution in [0.4, 0.5) is 0 Å². The third-order valence-electron chi connectivity index (χ3n) is 2.84. The zero-order valence-electron chi connectivity index (χ0n) is 10.0. The lowest BCUT2D eigenvalue weighted by Crippen LogP contribution is -2.40. The molecule has 7 heteroatoms. The average molecular weight is 258 g/mol. The van der Waals surface area contributed by atoms with Crippen molar-refractivity contribution in [1.29, 1.82) is 0 Å². The first-order chi connectivity index (χ1) is 8.04. The van der Waals surface area contributed by atoms with E-state index in [0.717, 1.165) is 24.6 Å². The summed E-state index contributed by atoms with van der Waals surface area (Å²) in [5, 5.41) is 2.95. The van der Waals surface area contributed by atoms with Gasteiger partial charge in [0, 0.05) is 12.5 Å². The minimum absolute atomic E-state index is 0.0170. The fourth-order valence-corrected chi connectivity index (χ4v) is 2.72. The van der Waals surface area contributed by atoms with Crippen molar-refractivity contribution in [2.75, 3.05) is 0 Å². The second-order valence-corrected chi connectivity index (χ2v) is 5.07. The Balaban J connectivity index is 2.78. The topological polar surface area (TPSA) is 102 Å². The zero-order valence-corrected chi connectivity index (χ0v) is 10.9. The summed E-state index contributed by atoms with van der Waals surface area (Å²) in [6.07, 6.45) is 1.72. The molecule has 0 bridgehead atoms. The smallest absolute Gasteiger partial charge is 0.243 e. The van der Waals surface area contributed by atoms with Crippen LogP contribution in [0.5, 0.6) is 0 Å². The molecule has 0 aliphatic carbocycles. The Labute approximate surface area is 105 Å². The number of hydrogen-bond donors (Lipinski definition) is 2. The maximum atomic E-state index is 12.1. The van der Waals surface area contributed by atoms with Gasteiger partial charge in [-0.25, -0.2) is 0 Å². The molecule has 17 heavy (non-hydrogen) atoms. The standard InChI is InChI=1S/C10H18N4O2S/c1-3-6(4-2)14-8(15)5-7(9(14)16)17-10(11)13-12/h6-7H,3-5,12H2,1-2H3,(H2,11,13). The van der Waals surface area contributed by atoms with Crippen LogP contribution in [-0.4, -0.2) is 33.2 Å². The summed E-state index contributed by atoms with van der Waals surface area (Å²) in [4.78, 5) is 25.2. The molecule has 0 spiro atoms. The number of likely N-dealkylation sites (tertiary alicyclic amines) is 1. The molecule has 1 rings (SSSR count). The number of hydrogen-bond acceptors (Lipinski definition) is 5. The second-order valence-electron chi connectivity index (χ2n) is 3.85. The largest absolute Gasteiger partial charge is 0.377 e. The maximum absolute atomic E-state index is 12.1. The molecule has 1 atom stereocenters. The summed E-state index contributed by atoms with van der Waals surface area (Å²) in [7, 11) is 0. The Morgan fingerprint density at radius 3 is 2.59 bits per heavy atom. The van der Waals surface area contributed by atoms with Crippen molar-refractivity contribution in [3.63, 3.8) is 0 Å². The molecule has 0 saturated carbocycles. The van der Waals surface area contributed by atoms with Gasteiger partial charge in [-0.1, -0.05) is 25.6 Å². The molecule has 4 N–H and O–H groups in total. The van der Waals surface area contributed by atoms with Crippen molar-refractivity contribution in [2.45, 2.75) is 44.4 Å². The molecule has 0 aromatic heterocycles. The zero-order chi connectivity index (χ0) is 13.0. The summed E-state index contributed by atoms with van der Waals surface area (Å²) in [5.74, 6) is 4.70. The predicted molar refractivity (Wildman–Crippen MR) is 68.0 cm³/mol. The van der Waals surface area contributed by atoms with E-state index in [1.54, 1.807) is 0 Å². The van der Waals surface area contributed by atoms with Crippen LogP contribution in [-0.2, 0) is 9.59 Å². The quantitative estimate of drug-likeness (QED) is 0.247. The van der Waals surface area contributed by atoms with Crippen molar-refractivity contribution in [3.05, 3.63) is 0 Å². The molecule has 1 aliphatic rings. The monoisotopic (exact) mass is 258 g/mol. The van der Waals surface area contributed by atoms with Crippen molar-refractivity contribution < 1.29 is 9.59 Å². The van der Waals surface area contributed by atoms with Gasteiger partial charge in [-0.3, -0.25) is 14.5 Å². The second kappa shape index (κ2) is 5.90. The van der Waals surface area contributed by atoms with Crippen LogP contribution in [0.1, 0.15) is 33.1 Å². The lowest BCUT2D eigenvalue weighted by atomic mass is 10.1. The highest BCUT2D eigenvalue weighted by molar-refractivity contribution is 8.14. The Morgan fingerprint density at radius 1 is 1.53 bits per heavy atom. The van der Waals surface area contributed by atoms with E-state index in [0.29, 0.717) is 0 Å². The fourth-order valence-electron chi connectivity index (χ4n) is 1.93. The van der Waals surface area contributed by atoms with Crippen LogP contribution in [0.2, 0.25) is 0 Å². The summed E-state index contributed by atoms with van der Waals surface area (Å²) >= 11 is 1.05. The average Bonchev–Trinajstić information content (AvgIpc) is 2.58. The lowest BCUT2D eigenvalue weighted by molar-refractivity contribution is -0.141. The van der Waals surface area contributed by atoms with Crippen molar-refractivity contribution in [1.82, 2.24) is 4.90 Å². The summed E-state index contributed by atoms with van der Waals surface area (Å²) < 4.78 is 0. The van der Waals surface area contributed by atoms with Gasteiger partial charge in [0.1, 0.15) is 5.25 Å².